The Morgan fingerprint density at radius 1 is 1.16 bits per heavy atom. The number of nitrogens with zero attached hydrogens (tertiary/aromatic N) is 1. The van der Waals surface area contributed by atoms with Crippen molar-refractivity contribution in [3.8, 4) is 0 Å². The lowest BCUT2D eigenvalue weighted by Crippen LogP contribution is -2.39. The molecule has 0 bridgehead atoms. The number of methoxy groups -OCH3 is 1. The van der Waals surface area contributed by atoms with Crippen molar-refractivity contribution in [1.82, 2.24) is 10.2 Å². The molecule has 1 saturated heterocycles. The van der Waals surface area contributed by atoms with Gasteiger partial charge >= 0.3 is 0 Å². The van der Waals surface area contributed by atoms with Crippen LogP contribution >= 0.6 is 0 Å². The van der Waals surface area contributed by atoms with Crippen LogP contribution in [0.3, 0.4) is 0 Å². The molecular weight excluding hydrogens is 395 g/mol. The van der Waals surface area contributed by atoms with Gasteiger partial charge < -0.3 is 19.4 Å². The van der Waals surface area contributed by atoms with Crippen LogP contribution < -0.4 is 5.32 Å². The zero-order chi connectivity index (χ0) is 21.6. The van der Waals surface area contributed by atoms with Crippen LogP contribution in [0.4, 0.5) is 4.39 Å². The van der Waals surface area contributed by atoms with E-state index in [4.69, 9.17) is 9.15 Å². The number of fused-ring (bicyclic) bond motifs is 1. The molecule has 2 fully saturated rings. The van der Waals surface area contributed by atoms with Crippen LogP contribution in [0.2, 0.25) is 0 Å². The highest BCUT2D eigenvalue weighted by Crippen LogP contribution is 2.35. The Labute approximate surface area is 184 Å². The summed E-state index contributed by atoms with van der Waals surface area (Å²) in [5.41, 5.74) is 1.63. The van der Waals surface area contributed by atoms with E-state index in [0.717, 1.165) is 56.6 Å². The highest BCUT2D eigenvalue weighted by molar-refractivity contribution is 5.82. The number of piperidine rings is 1. The standard InChI is InChI=1S/C25H35FN2O3/c1-30-16-12-24(29)27-20-4-2-18(3-5-20)8-13-28-14-9-19(10-15-28)21-6-7-23(26)25-22(21)11-17-31-25/h6-7,11,17-20H,2-5,8-10,12-16H2,1H3,(H,27,29). The summed E-state index contributed by atoms with van der Waals surface area (Å²) in [6.07, 6.45) is 10.1. The molecular formula is C25H35FN2O3. The second-order valence-electron chi connectivity index (χ2n) is 9.23. The van der Waals surface area contributed by atoms with E-state index in [2.05, 4.69) is 10.2 Å². The summed E-state index contributed by atoms with van der Waals surface area (Å²) in [6, 6.07) is 5.73. The number of likely N-dealkylation sites (tertiary alicyclic amines) is 1. The fourth-order valence-corrected chi connectivity index (χ4v) is 5.33. The van der Waals surface area contributed by atoms with Gasteiger partial charge in [-0.25, -0.2) is 4.39 Å². The van der Waals surface area contributed by atoms with Gasteiger partial charge in [-0.15, -0.1) is 0 Å². The average Bonchev–Trinajstić information content (AvgIpc) is 3.29. The van der Waals surface area contributed by atoms with Gasteiger partial charge in [0.25, 0.3) is 0 Å². The first-order chi connectivity index (χ1) is 15.1. The van der Waals surface area contributed by atoms with Crippen molar-refractivity contribution in [1.29, 1.82) is 0 Å². The molecule has 1 aliphatic carbocycles. The molecule has 1 aromatic heterocycles. The van der Waals surface area contributed by atoms with Crippen molar-refractivity contribution < 1.29 is 18.3 Å². The molecule has 1 N–H and O–H groups in total. The van der Waals surface area contributed by atoms with Gasteiger partial charge in [-0.1, -0.05) is 6.07 Å². The molecule has 2 aromatic rings. The maximum absolute atomic E-state index is 13.9. The summed E-state index contributed by atoms with van der Waals surface area (Å²) in [7, 11) is 1.63. The highest BCUT2D eigenvalue weighted by atomic mass is 19.1. The van der Waals surface area contributed by atoms with Gasteiger partial charge in [0, 0.05) is 25.0 Å². The Balaban J connectivity index is 1.17. The Bertz CT molecular complexity index is 852. The summed E-state index contributed by atoms with van der Waals surface area (Å²) in [6.45, 7) is 3.86. The van der Waals surface area contributed by atoms with Gasteiger partial charge in [-0.05, 0) is 94.1 Å². The van der Waals surface area contributed by atoms with E-state index in [1.807, 2.05) is 12.1 Å². The summed E-state index contributed by atoms with van der Waals surface area (Å²) in [5.74, 6) is 1.09. The van der Waals surface area contributed by atoms with Gasteiger partial charge in [0.2, 0.25) is 5.91 Å². The van der Waals surface area contributed by atoms with Gasteiger partial charge in [0.1, 0.15) is 0 Å². The van der Waals surface area contributed by atoms with E-state index in [-0.39, 0.29) is 11.7 Å². The van der Waals surface area contributed by atoms with Crippen LogP contribution in [0, 0.1) is 11.7 Å². The van der Waals surface area contributed by atoms with E-state index in [0.29, 0.717) is 30.6 Å². The third kappa shape index (κ3) is 5.66. The molecule has 1 amide bonds. The second-order valence-corrected chi connectivity index (χ2v) is 9.23. The van der Waals surface area contributed by atoms with E-state index in [1.54, 1.807) is 19.4 Å². The topological polar surface area (TPSA) is 54.7 Å². The maximum Gasteiger partial charge on any atom is 0.222 e. The molecule has 0 unspecified atom stereocenters. The first kappa shape index (κ1) is 22.3. The Morgan fingerprint density at radius 3 is 2.68 bits per heavy atom. The van der Waals surface area contributed by atoms with Gasteiger partial charge in [0.05, 0.1) is 12.9 Å². The van der Waals surface area contributed by atoms with Crippen LogP contribution in [0.15, 0.2) is 28.9 Å². The van der Waals surface area contributed by atoms with Crippen molar-refractivity contribution in [2.45, 2.75) is 63.3 Å². The Kier molecular flexibility index (Phi) is 7.62. The van der Waals surface area contributed by atoms with E-state index in [9.17, 15) is 9.18 Å². The number of benzene rings is 1. The number of nitrogens with one attached hydrogen (secondary N) is 1. The molecule has 5 nitrogen and oxygen atoms in total. The van der Waals surface area contributed by atoms with Crippen LogP contribution in [0.1, 0.15) is 62.8 Å². The van der Waals surface area contributed by atoms with Gasteiger partial charge in [-0.3, -0.25) is 4.79 Å². The highest BCUT2D eigenvalue weighted by Gasteiger charge is 2.26. The molecule has 1 saturated carbocycles. The second kappa shape index (κ2) is 10.6. The lowest BCUT2D eigenvalue weighted by atomic mass is 9.83. The number of hydrogen-bond acceptors (Lipinski definition) is 4. The minimum Gasteiger partial charge on any atom is -0.461 e. The fourth-order valence-electron chi connectivity index (χ4n) is 5.33. The van der Waals surface area contributed by atoms with Crippen molar-refractivity contribution in [2.75, 3.05) is 33.4 Å². The van der Waals surface area contributed by atoms with Crippen LogP contribution in [-0.4, -0.2) is 50.2 Å². The minimum atomic E-state index is -0.273. The van der Waals surface area contributed by atoms with Crippen molar-refractivity contribution in [2.24, 2.45) is 5.92 Å². The summed E-state index contributed by atoms with van der Waals surface area (Å²) < 4.78 is 24.2. The average molecular weight is 431 g/mol. The largest absolute Gasteiger partial charge is 0.461 e. The number of carbonyl (C=O) groups excluding carboxylic acids is 1. The lowest BCUT2D eigenvalue weighted by Gasteiger charge is -2.34. The smallest absolute Gasteiger partial charge is 0.222 e. The van der Waals surface area contributed by atoms with Crippen LogP contribution in [-0.2, 0) is 9.53 Å². The minimum absolute atomic E-state index is 0.113. The Morgan fingerprint density at radius 2 is 1.94 bits per heavy atom. The maximum atomic E-state index is 13.9. The molecule has 1 aliphatic heterocycles. The quantitative estimate of drug-likeness (QED) is 0.650. The molecule has 0 spiro atoms. The number of furan rings is 1. The zero-order valence-corrected chi connectivity index (χ0v) is 18.6. The number of amides is 1. The van der Waals surface area contributed by atoms with Crippen LogP contribution in [0.5, 0.6) is 0 Å². The molecule has 6 heteroatoms. The molecule has 1 aromatic carbocycles. The predicted octanol–water partition coefficient (Wildman–Crippen LogP) is 4.85. The first-order valence-electron chi connectivity index (χ1n) is 11.8. The third-order valence-electron chi connectivity index (χ3n) is 7.23. The number of halogens is 1. The van der Waals surface area contributed by atoms with Crippen molar-refractivity contribution in [3.05, 3.63) is 35.8 Å². The molecule has 0 atom stereocenters. The van der Waals surface area contributed by atoms with E-state index < -0.39 is 0 Å². The molecule has 2 aliphatic rings. The number of hydrogen-bond donors (Lipinski definition) is 1. The third-order valence-corrected chi connectivity index (χ3v) is 7.23. The monoisotopic (exact) mass is 430 g/mol. The first-order valence-corrected chi connectivity index (χ1v) is 11.8. The molecule has 4 rings (SSSR count). The van der Waals surface area contributed by atoms with E-state index >= 15 is 0 Å². The molecule has 31 heavy (non-hydrogen) atoms. The fraction of sp³-hybridized carbons (Fsp3) is 0.640. The molecule has 170 valence electrons. The summed E-state index contributed by atoms with van der Waals surface area (Å²) in [5, 5.41) is 4.09. The van der Waals surface area contributed by atoms with Crippen molar-refractivity contribution in [3.63, 3.8) is 0 Å². The summed E-state index contributed by atoms with van der Waals surface area (Å²) in [4.78, 5) is 14.5. The SMILES string of the molecule is COCCC(=O)NC1CCC(CCN2CCC(c3ccc(F)c4occc34)CC2)CC1. The van der Waals surface area contributed by atoms with Gasteiger partial charge in [0.15, 0.2) is 11.4 Å². The number of rotatable bonds is 8. The van der Waals surface area contributed by atoms with E-state index in [1.165, 1.54) is 24.8 Å². The normalized spacial score (nSPS) is 23.3. The van der Waals surface area contributed by atoms with Crippen LogP contribution in [0.25, 0.3) is 11.0 Å². The lowest BCUT2D eigenvalue weighted by molar-refractivity contribution is -0.122. The molecule has 0 radical (unpaired) electrons. The summed E-state index contributed by atoms with van der Waals surface area (Å²) >= 11 is 0. The molecule has 2 heterocycles. The Hall–Kier alpha value is -1.92. The number of ether oxygens (including phenoxy) is 1. The number of carbonyl (C=O) groups is 1. The predicted molar refractivity (Wildman–Crippen MR) is 120 cm³/mol. The van der Waals surface area contributed by atoms with Gasteiger partial charge in [-0.2, -0.15) is 0 Å². The zero-order valence-electron chi connectivity index (χ0n) is 18.6. The van der Waals surface area contributed by atoms with Crippen molar-refractivity contribution >= 4 is 16.9 Å².